The van der Waals surface area contributed by atoms with E-state index in [1.165, 1.54) is 20.8 Å². The van der Waals surface area contributed by atoms with Crippen LogP contribution in [0.1, 0.15) is 59.3 Å². The average Bonchev–Trinajstić information content (AvgIpc) is 2.80. The van der Waals surface area contributed by atoms with Crippen molar-refractivity contribution in [3.05, 3.63) is 0 Å². The van der Waals surface area contributed by atoms with Gasteiger partial charge in [-0.3, -0.25) is 19.2 Å². The fourth-order valence-electron chi connectivity index (χ4n) is 5.58. The van der Waals surface area contributed by atoms with E-state index in [2.05, 4.69) is 10.6 Å². The lowest BCUT2D eigenvalue weighted by Crippen LogP contribution is -2.71. The standard InChI is InChI=1S/C24H32F5N5O4/c1-22(2,3)17(33-21(38)24(27,28)29)20(37)34-14-6-7-15(23(25,26)10-14)16(34)19(36)32-13(11-30)9-12-5-4-8-31-18(12)35/h12-17H,4-10H2,1-3H3,(H,31,35)(H,32,36)(H,33,38)/t12-,13+,14-,15-,16-,17-/m0/s1. The van der Waals surface area contributed by atoms with Crippen LogP contribution in [0.25, 0.3) is 0 Å². The van der Waals surface area contributed by atoms with Crippen molar-refractivity contribution in [2.45, 2.75) is 95.6 Å². The molecule has 4 fully saturated rings. The van der Waals surface area contributed by atoms with Crippen molar-refractivity contribution in [3.8, 4) is 6.07 Å². The van der Waals surface area contributed by atoms with Crippen LogP contribution in [-0.4, -0.2) is 71.3 Å². The van der Waals surface area contributed by atoms with E-state index in [1.54, 1.807) is 5.32 Å². The Morgan fingerprint density at radius 3 is 2.34 bits per heavy atom. The van der Waals surface area contributed by atoms with Gasteiger partial charge < -0.3 is 20.9 Å². The molecule has 0 aromatic rings. The van der Waals surface area contributed by atoms with E-state index in [0.29, 0.717) is 19.4 Å². The molecule has 1 aliphatic carbocycles. The molecule has 1 saturated carbocycles. The highest BCUT2D eigenvalue weighted by molar-refractivity contribution is 5.94. The van der Waals surface area contributed by atoms with Crippen LogP contribution in [0, 0.1) is 28.6 Å². The number of rotatable bonds is 6. The third-order valence-corrected chi connectivity index (χ3v) is 7.50. The number of hydrogen-bond donors (Lipinski definition) is 3. The van der Waals surface area contributed by atoms with Crippen molar-refractivity contribution in [2.24, 2.45) is 17.3 Å². The van der Waals surface area contributed by atoms with E-state index in [4.69, 9.17) is 0 Å². The van der Waals surface area contributed by atoms with Crippen molar-refractivity contribution < 1.29 is 41.1 Å². The largest absolute Gasteiger partial charge is 0.471 e. The highest BCUT2D eigenvalue weighted by atomic mass is 19.4. The summed E-state index contributed by atoms with van der Waals surface area (Å²) in [6, 6.07) is -4.06. The SMILES string of the molecule is CC(C)(C)[C@@H](NC(=O)C(F)(F)F)C(=O)N1[C@H]2CC[C@@H]([C@H]1C(=O)N[C@@H](C#N)C[C@@H]1CCCNC1=O)C(F)(F)C2. The molecular weight excluding hydrogens is 517 g/mol. The Hall–Kier alpha value is -2.98. The number of nitrogens with zero attached hydrogens (tertiary/aromatic N) is 2. The van der Waals surface area contributed by atoms with Gasteiger partial charge in [0.15, 0.2) is 0 Å². The smallest absolute Gasteiger partial charge is 0.356 e. The molecule has 0 spiro atoms. The molecular formula is C24H32F5N5O4. The fourth-order valence-corrected chi connectivity index (χ4v) is 5.58. The summed E-state index contributed by atoms with van der Waals surface area (Å²) in [5.74, 6) is -10.3. The predicted octanol–water partition coefficient (Wildman–Crippen LogP) is 2.02. The summed E-state index contributed by atoms with van der Waals surface area (Å²) in [4.78, 5) is 51.7. The molecule has 6 atom stereocenters. The number of hydrogen-bond acceptors (Lipinski definition) is 5. The molecule has 3 saturated heterocycles. The number of fused-ring (bicyclic) bond motifs is 3. The Kier molecular flexibility index (Phi) is 8.29. The maximum absolute atomic E-state index is 14.9. The van der Waals surface area contributed by atoms with Crippen LogP contribution in [0.4, 0.5) is 22.0 Å². The van der Waals surface area contributed by atoms with Gasteiger partial charge in [-0.25, -0.2) is 8.78 Å². The summed E-state index contributed by atoms with van der Waals surface area (Å²) in [7, 11) is 0. The number of carbonyl (C=O) groups is 4. The Bertz CT molecular complexity index is 1010. The maximum Gasteiger partial charge on any atom is 0.471 e. The number of halogens is 5. The fraction of sp³-hybridized carbons (Fsp3) is 0.792. The summed E-state index contributed by atoms with van der Waals surface area (Å²) in [5, 5.41) is 16.3. The van der Waals surface area contributed by atoms with Gasteiger partial charge in [-0.1, -0.05) is 20.8 Å². The van der Waals surface area contributed by atoms with E-state index in [1.807, 2.05) is 6.07 Å². The molecule has 14 heteroatoms. The number of carbonyl (C=O) groups excluding carboxylic acids is 4. The van der Waals surface area contributed by atoms with E-state index >= 15 is 0 Å². The first kappa shape index (κ1) is 29.6. The number of nitrogens with one attached hydrogen (secondary N) is 3. The van der Waals surface area contributed by atoms with Gasteiger partial charge in [0.1, 0.15) is 18.1 Å². The molecule has 0 unspecified atom stereocenters. The second-order valence-corrected chi connectivity index (χ2v) is 11.3. The lowest BCUT2D eigenvalue weighted by Gasteiger charge is -2.55. The Balaban J connectivity index is 1.90. The zero-order chi connectivity index (χ0) is 28.6. The zero-order valence-electron chi connectivity index (χ0n) is 21.3. The summed E-state index contributed by atoms with van der Waals surface area (Å²) in [5.41, 5.74) is -1.26. The lowest BCUT2D eigenvalue weighted by molar-refractivity contribution is -0.197. The molecule has 2 bridgehead atoms. The Labute approximate surface area is 216 Å². The first-order chi connectivity index (χ1) is 17.5. The lowest BCUT2D eigenvalue weighted by atomic mass is 9.70. The summed E-state index contributed by atoms with van der Waals surface area (Å²) in [6.07, 6.45) is -5.00. The number of nitriles is 1. The van der Waals surface area contributed by atoms with Gasteiger partial charge in [0, 0.05) is 24.9 Å². The van der Waals surface area contributed by atoms with E-state index in [-0.39, 0.29) is 25.2 Å². The summed E-state index contributed by atoms with van der Waals surface area (Å²) < 4.78 is 68.9. The van der Waals surface area contributed by atoms with Gasteiger partial charge in [-0.2, -0.15) is 18.4 Å². The highest BCUT2D eigenvalue weighted by Crippen LogP contribution is 2.49. The summed E-state index contributed by atoms with van der Waals surface area (Å²) in [6.45, 7) is 4.69. The molecule has 3 heterocycles. The topological polar surface area (TPSA) is 131 Å². The van der Waals surface area contributed by atoms with Crippen LogP contribution in [-0.2, 0) is 19.2 Å². The molecule has 38 heavy (non-hydrogen) atoms. The third kappa shape index (κ3) is 6.18. The summed E-state index contributed by atoms with van der Waals surface area (Å²) >= 11 is 0. The van der Waals surface area contributed by atoms with Gasteiger partial charge in [-0.15, -0.1) is 0 Å². The Morgan fingerprint density at radius 1 is 1.16 bits per heavy atom. The van der Waals surface area contributed by atoms with E-state index in [9.17, 15) is 46.4 Å². The van der Waals surface area contributed by atoms with Crippen LogP contribution >= 0.6 is 0 Å². The second-order valence-electron chi connectivity index (χ2n) is 11.3. The molecule has 212 valence electrons. The van der Waals surface area contributed by atoms with Crippen LogP contribution in [0.15, 0.2) is 0 Å². The molecule has 0 aromatic carbocycles. The van der Waals surface area contributed by atoms with Crippen LogP contribution in [0.2, 0.25) is 0 Å². The van der Waals surface area contributed by atoms with Crippen LogP contribution < -0.4 is 16.0 Å². The highest BCUT2D eigenvalue weighted by Gasteiger charge is 2.61. The molecule has 0 radical (unpaired) electrons. The van der Waals surface area contributed by atoms with Gasteiger partial charge in [0.25, 0.3) is 5.92 Å². The van der Waals surface area contributed by atoms with Crippen LogP contribution in [0.5, 0.6) is 0 Å². The molecule has 0 aromatic heterocycles. The molecule has 3 N–H and O–H groups in total. The van der Waals surface area contributed by atoms with Crippen molar-refractivity contribution >= 4 is 23.6 Å². The number of alkyl halides is 5. The Morgan fingerprint density at radius 2 is 1.82 bits per heavy atom. The van der Waals surface area contributed by atoms with E-state index in [0.717, 1.165) is 4.90 Å². The molecule has 3 aliphatic heterocycles. The van der Waals surface area contributed by atoms with Gasteiger partial charge >= 0.3 is 12.1 Å². The van der Waals surface area contributed by atoms with E-state index < -0.39 is 77.7 Å². The monoisotopic (exact) mass is 549 g/mol. The van der Waals surface area contributed by atoms with Crippen molar-refractivity contribution in [1.29, 1.82) is 5.26 Å². The minimum atomic E-state index is -5.29. The van der Waals surface area contributed by atoms with Gasteiger partial charge in [0.05, 0.1) is 12.0 Å². The predicted molar refractivity (Wildman–Crippen MR) is 122 cm³/mol. The average molecular weight is 550 g/mol. The number of amides is 4. The molecule has 4 rings (SSSR count). The minimum absolute atomic E-state index is 0.0640. The second kappa shape index (κ2) is 10.6. The molecule has 4 amide bonds. The maximum atomic E-state index is 14.9. The first-order valence-electron chi connectivity index (χ1n) is 12.5. The minimum Gasteiger partial charge on any atom is -0.356 e. The van der Waals surface area contributed by atoms with Crippen molar-refractivity contribution in [1.82, 2.24) is 20.9 Å². The zero-order valence-corrected chi connectivity index (χ0v) is 21.3. The normalized spacial score (nSPS) is 28.5. The van der Waals surface area contributed by atoms with Gasteiger partial charge in [0.2, 0.25) is 17.7 Å². The van der Waals surface area contributed by atoms with Crippen molar-refractivity contribution in [3.63, 3.8) is 0 Å². The quantitative estimate of drug-likeness (QED) is 0.437. The number of piperidine rings is 3. The third-order valence-electron chi connectivity index (χ3n) is 7.50. The van der Waals surface area contributed by atoms with Crippen molar-refractivity contribution in [2.75, 3.05) is 6.54 Å². The molecule has 9 nitrogen and oxygen atoms in total. The van der Waals surface area contributed by atoms with Crippen LogP contribution in [0.3, 0.4) is 0 Å². The molecule has 4 aliphatic rings. The first-order valence-corrected chi connectivity index (χ1v) is 12.5. The van der Waals surface area contributed by atoms with Gasteiger partial charge in [-0.05, 0) is 37.5 Å².